The second-order valence-electron chi connectivity index (χ2n) is 7.44. The molecule has 32 heavy (non-hydrogen) atoms. The molecule has 0 fully saturated rings. The molecule has 2 aromatic carbocycles. The average molecular weight is 438 g/mol. The van der Waals surface area contributed by atoms with Crippen molar-refractivity contribution in [3.63, 3.8) is 0 Å². The molecule has 0 saturated heterocycles. The van der Waals surface area contributed by atoms with Crippen LogP contribution >= 0.6 is 0 Å². The van der Waals surface area contributed by atoms with Gasteiger partial charge in [0.1, 0.15) is 5.75 Å². The fourth-order valence-corrected chi connectivity index (χ4v) is 3.71. The SMILES string of the molecule is CCOC(=O)C1=C(CN(CC)Cc2ccccc2)NC(=O)N[C@H]1c1ccc(OCC)cc1. The zero-order valence-electron chi connectivity index (χ0n) is 18.9. The van der Waals surface area contributed by atoms with E-state index in [0.29, 0.717) is 31.0 Å². The Morgan fingerprint density at radius 3 is 2.31 bits per heavy atom. The van der Waals surface area contributed by atoms with Crippen LogP contribution in [-0.4, -0.2) is 43.2 Å². The van der Waals surface area contributed by atoms with E-state index in [4.69, 9.17) is 9.47 Å². The van der Waals surface area contributed by atoms with Crippen LogP contribution < -0.4 is 15.4 Å². The first-order chi connectivity index (χ1) is 15.5. The maximum atomic E-state index is 13.0. The number of rotatable bonds is 10. The number of carbonyl (C=O) groups is 2. The Bertz CT molecular complexity index is 941. The molecule has 7 heteroatoms. The van der Waals surface area contributed by atoms with Gasteiger partial charge < -0.3 is 20.1 Å². The predicted molar refractivity (Wildman–Crippen MR) is 123 cm³/mol. The van der Waals surface area contributed by atoms with E-state index in [1.165, 1.54) is 0 Å². The van der Waals surface area contributed by atoms with Crippen molar-refractivity contribution in [3.05, 3.63) is 77.0 Å². The molecule has 7 nitrogen and oxygen atoms in total. The van der Waals surface area contributed by atoms with Crippen LogP contribution in [0.4, 0.5) is 4.79 Å². The summed E-state index contributed by atoms with van der Waals surface area (Å²) in [6, 6.07) is 16.6. The lowest BCUT2D eigenvalue weighted by Gasteiger charge is -2.32. The van der Waals surface area contributed by atoms with E-state index in [1.807, 2.05) is 49.4 Å². The maximum absolute atomic E-state index is 13.0. The minimum Gasteiger partial charge on any atom is -0.494 e. The van der Waals surface area contributed by atoms with E-state index in [2.05, 4.69) is 34.6 Å². The molecule has 2 amide bonds. The largest absolute Gasteiger partial charge is 0.494 e. The predicted octanol–water partition coefficient (Wildman–Crippen LogP) is 3.78. The maximum Gasteiger partial charge on any atom is 0.338 e. The summed E-state index contributed by atoms with van der Waals surface area (Å²) in [5, 5.41) is 5.73. The molecule has 1 heterocycles. The lowest BCUT2D eigenvalue weighted by atomic mass is 9.94. The summed E-state index contributed by atoms with van der Waals surface area (Å²) in [4.78, 5) is 27.7. The number of nitrogens with zero attached hydrogens (tertiary/aromatic N) is 1. The molecule has 3 rings (SSSR count). The number of nitrogens with one attached hydrogen (secondary N) is 2. The molecule has 1 atom stereocenters. The molecule has 2 N–H and O–H groups in total. The fraction of sp³-hybridized carbons (Fsp3) is 0.360. The Balaban J connectivity index is 1.94. The summed E-state index contributed by atoms with van der Waals surface area (Å²) in [5.41, 5.74) is 2.93. The summed E-state index contributed by atoms with van der Waals surface area (Å²) in [5.74, 6) is 0.295. The van der Waals surface area contributed by atoms with Crippen molar-refractivity contribution in [2.75, 3.05) is 26.3 Å². The van der Waals surface area contributed by atoms with E-state index < -0.39 is 12.0 Å². The van der Waals surface area contributed by atoms with E-state index >= 15 is 0 Å². The molecule has 0 unspecified atom stereocenters. The van der Waals surface area contributed by atoms with Crippen molar-refractivity contribution in [2.24, 2.45) is 0 Å². The van der Waals surface area contributed by atoms with Crippen LogP contribution in [0.15, 0.2) is 65.9 Å². The Morgan fingerprint density at radius 2 is 1.69 bits per heavy atom. The van der Waals surface area contributed by atoms with Gasteiger partial charge in [-0.15, -0.1) is 0 Å². The second kappa shape index (κ2) is 11.3. The van der Waals surface area contributed by atoms with Crippen molar-refractivity contribution in [2.45, 2.75) is 33.4 Å². The summed E-state index contributed by atoms with van der Waals surface area (Å²) < 4.78 is 10.9. The van der Waals surface area contributed by atoms with Crippen LogP contribution in [0.25, 0.3) is 0 Å². The average Bonchev–Trinajstić information content (AvgIpc) is 2.79. The van der Waals surface area contributed by atoms with Crippen LogP contribution in [0.5, 0.6) is 5.75 Å². The monoisotopic (exact) mass is 437 g/mol. The number of hydrogen-bond acceptors (Lipinski definition) is 5. The second-order valence-corrected chi connectivity index (χ2v) is 7.44. The van der Waals surface area contributed by atoms with Crippen molar-refractivity contribution in [1.82, 2.24) is 15.5 Å². The first-order valence-electron chi connectivity index (χ1n) is 11.0. The minimum absolute atomic E-state index is 0.251. The van der Waals surface area contributed by atoms with E-state index in [1.54, 1.807) is 6.92 Å². The van der Waals surface area contributed by atoms with Gasteiger partial charge >= 0.3 is 12.0 Å². The summed E-state index contributed by atoms with van der Waals surface area (Å²) in [6.07, 6.45) is 0. The van der Waals surface area contributed by atoms with Gasteiger partial charge in [-0.05, 0) is 43.7 Å². The van der Waals surface area contributed by atoms with Crippen molar-refractivity contribution >= 4 is 12.0 Å². The standard InChI is InChI=1S/C25H31N3O4/c1-4-28(16-18-10-8-7-9-11-18)17-21-22(24(29)32-6-3)23(27-25(30)26-21)19-12-14-20(15-13-19)31-5-2/h7-15,23H,4-6,16-17H2,1-3H3,(H2,26,27,30)/t23-/m0/s1. The van der Waals surface area contributed by atoms with Crippen LogP contribution in [0, 0.1) is 0 Å². The molecule has 0 bridgehead atoms. The van der Waals surface area contributed by atoms with E-state index in [-0.39, 0.29) is 12.6 Å². The first-order valence-corrected chi connectivity index (χ1v) is 11.0. The molecule has 170 valence electrons. The molecule has 0 radical (unpaired) electrons. The summed E-state index contributed by atoms with van der Waals surface area (Å²) in [7, 11) is 0. The minimum atomic E-state index is -0.607. The zero-order chi connectivity index (χ0) is 22.9. The van der Waals surface area contributed by atoms with Crippen molar-refractivity contribution < 1.29 is 19.1 Å². The number of carbonyl (C=O) groups excluding carboxylic acids is 2. The van der Waals surface area contributed by atoms with Gasteiger partial charge in [0.15, 0.2) is 0 Å². The normalized spacial score (nSPS) is 15.9. The van der Waals surface area contributed by atoms with E-state index in [0.717, 1.165) is 23.4 Å². The highest BCUT2D eigenvalue weighted by atomic mass is 16.5. The smallest absolute Gasteiger partial charge is 0.338 e. The lowest BCUT2D eigenvalue weighted by Crippen LogP contribution is -2.48. The van der Waals surface area contributed by atoms with Gasteiger partial charge in [0, 0.05) is 18.8 Å². The fourth-order valence-electron chi connectivity index (χ4n) is 3.71. The molecule has 2 aromatic rings. The Labute approximate surface area is 189 Å². The van der Waals surface area contributed by atoms with Gasteiger partial charge in [0.05, 0.1) is 24.8 Å². The number of hydrogen-bond donors (Lipinski definition) is 2. The molecule has 0 aromatic heterocycles. The van der Waals surface area contributed by atoms with Crippen LogP contribution in [0.1, 0.15) is 37.9 Å². The third-order valence-electron chi connectivity index (χ3n) is 5.25. The van der Waals surface area contributed by atoms with Crippen LogP contribution in [-0.2, 0) is 16.1 Å². The molecule has 1 aliphatic rings. The van der Waals surface area contributed by atoms with Crippen LogP contribution in [0.3, 0.4) is 0 Å². The number of benzene rings is 2. The summed E-state index contributed by atoms with van der Waals surface area (Å²) >= 11 is 0. The molecular formula is C25H31N3O4. The number of urea groups is 1. The van der Waals surface area contributed by atoms with Crippen molar-refractivity contribution in [1.29, 1.82) is 0 Å². The van der Waals surface area contributed by atoms with Gasteiger partial charge in [0.25, 0.3) is 0 Å². The highest BCUT2D eigenvalue weighted by Gasteiger charge is 2.34. The third kappa shape index (κ3) is 5.88. The molecule has 0 spiro atoms. The lowest BCUT2D eigenvalue weighted by molar-refractivity contribution is -0.139. The molecule has 0 aliphatic carbocycles. The van der Waals surface area contributed by atoms with Gasteiger partial charge in [-0.25, -0.2) is 9.59 Å². The number of esters is 1. The Hall–Kier alpha value is -3.32. The Kier molecular flexibility index (Phi) is 8.27. The van der Waals surface area contributed by atoms with Gasteiger partial charge in [-0.3, -0.25) is 4.90 Å². The highest BCUT2D eigenvalue weighted by molar-refractivity contribution is 5.95. The molecule has 1 aliphatic heterocycles. The quantitative estimate of drug-likeness (QED) is 0.553. The van der Waals surface area contributed by atoms with Crippen molar-refractivity contribution in [3.8, 4) is 5.75 Å². The highest BCUT2D eigenvalue weighted by Crippen LogP contribution is 2.29. The number of likely N-dealkylation sites (N-methyl/N-ethyl adjacent to an activating group) is 1. The van der Waals surface area contributed by atoms with E-state index in [9.17, 15) is 9.59 Å². The van der Waals surface area contributed by atoms with Gasteiger partial charge in [-0.1, -0.05) is 49.4 Å². The topological polar surface area (TPSA) is 79.9 Å². The number of amides is 2. The zero-order valence-corrected chi connectivity index (χ0v) is 18.9. The summed E-state index contributed by atoms with van der Waals surface area (Å²) in [6.45, 7) is 8.44. The molecular weight excluding hydrogens is 406 g/mol. The Morgan fingerprint density at radius 1 is 0.969 bits per heavy atom. The third-order valence-corrected chi connectivity index (χ3v) is 5.25. The van der Waals surface area contributed by atoms with Gasteiger partial charge in [0.2, 0.25) is 0 Å². The van der Waals surface area contributed by atoms with Crippen LogP contribution in [0.2, 0.25) is 0 Å². The first kappa shape index (κ1) is 23.3. The van der Waals surface area contributed by atoms with Gasteiger partial charge in [-0.2, -0.15) is 0 Å². The molecule has 0 saturated carbocycles. The number of ether oxygens (including phenoxy) is 2.